The van der Waals surface area contributed by atoms with Gasteiger partial charge in [-0.05, 0) is 30.7 Å². The Labute approximate surface area is 101 Å². The SMILES string of the molecule is CN(C)c1ccc(SC2CCC(=O)C2)cc1. The molecule has 0 aliphatic heterocycles. The molecule has 2 nitrogen and oxygen atoms in total. The third kappa shape index (κ3) is 2.79. The third-order valence-corrected chi connectivity index (χ3v) is 4.14. The lowest BCUT2D eigenvalue weighted by atomic mass is 10.3. The van der Waals surface area contributed by atoms with Crippen LogP contribution in [0.25, 0.3) is 0 Å². The molecule has 1 fully saturated rings. The van der Waals surface area contributed by atoms with Gasteiger partial charge < -0.3 is 4.90 Å². The zero-order chi connectivity index (χ0) is 11.5. The predicted octanol–water partition coefficient (Wildman–Crippen LogP) is 2.97. The van der Waals surface area contributed by atoms with Crippen molar-refractivity contribution in [2.75, 3.05) is 19.0 Å². The number of nitrogens with zero attached hydrogens (tertiary/aromatic N) is 1. The summed E-state index contributed by atoms with van der Waals surface area (Å²) in [6.45, 7) is 0. The molecule has 3 heteroatoms. The monoisotopic (exact) mass is 235 g/mol. The molecule has 86 valence electrons. The summed E-state index contributed by atoms with van der Waals surface area (Å²) in [5, 5.41) is 0.498. The zero-order valence-corrected chi connectivity index (χ0v) is 10.6. The van der Waals surface area contributed by atoms with Crippen molar-refractivity contribution in [3.05, 3.63) is 24.3 Å². The van der Waals surface area contributed by atoms with Crippen molar-refractivity contribution >= 4 is 23.2 Å². The van der Waals surface area contributed by atoms with Crippen LogP contribution in [0.2, 0.25) is 0 Å². The van der Waals surface area contributed by atoms with Crippen LogP contribution in [0, 0.1) is 0 Å². The van der Waals surface area contributed by atoms with Gasteiger partial charge in [-0.2, -0.15) is 0 Å². The van der Waals surface area contributed by atoms with Gasteiger partial charge in [0.25, 0.3) is 0 Å². The summed E-state index contributed by atoms with van der Waals surface area (Å²) in [7, 11) is 4.08. The van der Waals surface area contributed by atoms with Crippen LogP contribution >= 0.6 is 11.8 Å². The lowest BCUT2D eigenvalue weighted by molar-refractivity contribution is -0.117. The minimum Gasteiger partial charge on any atom is -0.378 e. The molecule has 0 radical (unpaired) electrons. The summed E-state index contributed by atoms with van der Waals surface area (Å²) in [6.07, 6.45) is 2.56. The van der Waals surface area contributed by atoms with Gasteiger partial charge in [0, 0.05) is 42.8 Å². The van der Waals surface area contributed by atoms with Gasteiger partial charge in [-0.1, -0.05) is 0 Å². The van der Waals surface area contributed by atoms with Crippen molar-refractivity contribution in [2.45, 2.75) is 29.4 Å². The topological polar surface area (TPSA) is 20.3 Å². The van der Waals surface area contributed by atoms with Crippen molar-refractivity contribution in [2.24, 2.45) is 0 Å². The van der Waals surface area contributed by atoms with Crippen molar-refractivity contribution in [3.8, 4) is 0 Å². The van der Waals surface area contributed by atoms with Gasteiger partial charge in [0.2, 0.25) is 0 Å². The first-order valence-corrected chi connectivity index (χ1v) is 6.49. The molecule has 16 heavy (non-hydrogen) atoms. The zero-order valence-electron chi connectivity index (χ0n) is 9.77. The molecule has 2 rings (SSSR count). The average molecular weight is 235 g/mol. The van der Waals surface area contributed by atoms with Gasteiger partial charge in [0.05, 0.1) is 0 Å². The molecule has 1 aliphatic carbocycles. The molecule has 0 bridgehead atoms. The Morgan fingerprint density at radius 1 is 1.25 bits per heavy atom. The van der Waals surface area contributed by atoms with E-state index in [2.05, 4.69) is 29.2 Å². The molecule has 0 aromatic heterocycles. The number of hydrogen-bond acceptors (Lipinski definition) is 3. The second-order valence-corrected chi connectivity index (χ2v) is 5.78. The summed E-state index contributed by atoms with van der Waals surface area (Å²) < 4.78 is 0. The Morgan fingerprint density at radius 2 is 1.94 bits per heavy atom. The van der Waals surface area contributed by atoms with Gasteiger partial charge in [-0.15, -0.1) is 11.8 Å². The highest BCUT2D eigenvalue weighted by Crippen LogP contribution is 2.33. The Bertz CT molecular complexity index is 372. The van der Waals surface area contributed by atoms with E-state index in [0.717, 1.165) is 19.3 Å². The molecule has 1 aromatic carbocycles. The fourth-order valence-corrected chi connectivity index (χ4v) is 3.08. The highest BCUT2D eigenvalue weighted by molar-refractivity contribution is 8.00. The van der Waals surface area contributed by atoms with Crippen molar-refractivity contribution in [3.63, 3.8) is 0 Å². The summed E-state index contributed by atoms with van der Waals surface area (Å²) in [5.74, 6) is 0.419. The summed E-state index contributed by atoms with van der Waals surface area (Å²) in [6, 6.07) is 8.53. The van der Waals surface area contributed by atoms with E-state index in [1.54, 1.807) is 0 Å². The number of anilines is 1. The first kappa shape index (κ1) is 11.5. The number of rotatable bonds is 3. The molecule has 0 N–H and O–H groups in total. The Kier molecular flexibility index (Phi) is 3.54. The minimum atomic E-state index is 0.419. The molecular weight excluding hydrogens is 218 g/mol. The van der Waals surface area contributed by atoms with Gasteiger partial charge in [0.1, 0.15) is 5.78 Å². The van der Waals surface area contributed by atoms with E-state index in [0.29, 0.717) is 11.0 Å². The fourth-order valence-electron chi connectivity index (χ4n) is 1.90. The number of thioether (sulfide) groups is 1. The van der Waals surface area contributed by atoms with E-state index in [1.807, 2.05) is 25.9 Å². The third-order valence-electron chi connectivity index (χ3n) is 2.86. The summed E-state index contributed by atoms with van der Waals surface area (Å²) in [5.41, 5.74) is 1.21. The van der Waals surface area contributed by atoms with Crippen LogP contribution in [0.15, 0.2) is 29.2 Å². The second-order valence-electron chi connectivity index (χ2n) is 4.41. The smallest absolute Gasteiger partial charge is 0.134 e. The van der Waals surface area contributed by atoms with Crippen LogP contribution in [0.3, 0.4) is 0 Å². The number of hydrogen-bond donors (Lipinski definition) is 0. The lowest BCUT2D eigenvalue weighted by Gasteiger charge is -2.13. The normalized spacial score (nSPS) is 20.1. The second kappa shape index (κ2) is 4.91. The number of carbonyl (C=O) groups excluding carboxylic acids is 1. The molecule has 1 aromatic rings. The fraction of sp³-hybridized carbons (Fsp3) is 0.462. The molecule has 0 amide bonds. The maximum Gasteiger partial charge on any atom is 0.134 e. The van der Waals surface area contributed by atoms with Crippen LogP contribution in [0.4, 0.5) is 5.69 Å². The largest absolute Gasteiger partial charge is 0.378 e. The number of benzene rings is 1. The molecule has 1 saturated carbocycles. The first-order valence-electron chi connectivity index (χ1n) is 5.61. The van der Waals surface area contributed by atoms with Crippen LogP contribution in [-0.2, 0) is 4.79 Å². The highest BCUT2D eigenvalue weighted by Gasteiger charge is 2.22. The summed E-state index contributed by atoms with van der Waals surface area (Å²) in [4.78, 5) is 14.5. The molecule has 1 unspecified atom stereocenters. The molecule has 1 atom stereocenters. The quantitative estimate of drug-likeness (QED) is 0.803. The molecule has 0 heterocycles. The van der Waals surface area contributed by atoms with E-state index in [4.69, 9.17) is 0 Å². The van der Waals surface area contributed by atoms with Crippen LogP contribution < -0.4 is 4.90 Å². The maximum absolute atomic E-state index is 11.2. The van der Waals surface area contributed by atoms with Gasteiger partial charge in [-0.3, -0.25) is 4.79 Å². The van der Waals surface area contributed by atoms with Crippen molar-refractivity contribution < 1.29 is 4.79 Å². The minimum absolute atomic E-state index is 0.419. The van der Waals surface area contributed by atoms with E-state index >= 15 is 0 Å². The van der Waals surface area contributed by atoms with Crippen molar-refractivity contribution in [1.82, 2.24) is 0 Å². The standard InChI is InChI=1S/C13H17NOS/c1-14(2)10-3-6-12(7-4-10)16-13-8-5-11(15)9-13/h3-4,6-7,13H,5,8-9H2,1-2H3. The number of Topliss-reactive ketones (excluding diaryl/α,β-unsaturated/α-hetero) is 1. The van der Waals surface area contributed by atoms with Gasteiger partial charge >= 0.3 is 0 Å². The Hall–Kier alpha value is -0.960. The first-order chi connectivity index (χ1) is 7.65. The molecule has 0 saturated heterocycles. The van der Waals surface area contributed by atoms with Crippen LogP contribution in [0.1, 0.15) is 19.3 Å². The van der Waals surface area contributed by atoms with Crippen molar-refractivity contribution in [1.29, 1.82) is 0 Å². The number of carbonyl (C=O) groups is 1. The van der Waals surface area contributed by atoms with Crippen LogP contribution in [0.5, 0.6) is 0 Å². The van der Waals surface area contributed by atoms with E-state index in [9.17, 15) is 4.79 Å². The maximum atomic E-state index is 11.2. The van der Waals surface area contributed by atoms with Gasteiger partial charge in [-0.25, -0.2) is 0 Å². The van der Waals surface area contributed by atoms with E-state index in [1.165, 1.54) is 10.6 Å². The summed E-state index contributed by atoms with van der Waals surface area (Å²) >= 11 is 1.84. The van der Waals surface area contributed by atoms with E-state index in [-0.39, 0.29) is 0 Å². The predicted molar refractivity (Wildman–Crippen MR) is 69.3 cm³/mol. The molecule has 0 spiro atoms. The molecule has 1 aliphatic rings. The van der Waals surface area contributed by atoms with Crippen LogP contribution in [-0.4, -0.2) is 25.1 Å². The highest BCUT2D eigenvalue weighted by atomic mass is 32.2. The number of ketones is 1. The Balaban J connectivity index is 1.97. The molecular formula is C13H17NOS. The van der Waals surface area contributed by atoms with E-state index < -0.39 is 0 Å². The Morgan fingerprint density at radius 3 is 2.44 bits per heavy atom. The lowest BCUT2D eigenvalue weighted by Crippen LogP contribution is -2.08. The average Bonchev–Trinajstić information content (AvgIpc) is 2.65. The van der Waals surface area contributed by atoms with Gasteiger partial charge in [0.15, 0.2) is 0 Å².